The van der Waals surface area contributed by atoms with Gasteiger partial charge in [-0.2, -0.15) is 17.6 Å². The molecule has 1 saturated heterocycles. The van der Waals surface area contributed by atoms with Crippen LogP contribution in [0, 0.1) is 18.8 Å². The maximum atomic E-state index is 13.4. The first-order valence-corrected chi connectivity index (χ1v) is 6.03. The number of rotatable bonds is 1. The lowest BCUT2D eigenvalue weighted by molar-refractivity contribution is -0.179. The van der Waals surface area contributed by atoms with Gasteiger partial charge in [0, 0.05) is 13.1 Å². The van der Waals surface area contributed by atoms with Crippen LogP contribution in [-0.2, 0) is 0 Å². The molecule has 0 aliphatic carbocycles. The van der Waals surface area contributed by atoms with Gasteiger partial charge in [-0.15, -0.1) is 0 Å². The van der Waals surface area contributed by atoms with Crippen molar-refractivity contribution in [2.45, 2.75) is 25.9 Å². The van der Waals surface area contributed by atoms with Crippen LogP contribution in [0.2, 0.25) is 0 Å². The SMILES string of the molecule is Cc1cc(N2CCC(C(F)(F)F)CC2)nc(F)c1N. The Morgan fingerprint density at radius 3 is 2.37 bits per heavy atom. The summed E-state index contributed by atoms with van der Waals surface area (Å²) in [5.74, 6) is -1.69. The van der Waals surface area contributed by atoms with E-state index in [0.29, 0.717) is 11.4 Å². The van der Waals surface area contributed by atoms with E-state index >= 15 is 0 Å². The van der Waals surface area contributed by atoms with Crippen molar-refractivity contribution in [1.82, 2.24) is 4.98 Å². The summed E-state index contributed by atoms with van der Waals surface area (Å²) < 4.78 is 51.0. The molecule has 3 nitrogen and oxygen atoms in total. The number of halogens is 4. The number of anilines is 2. The Bertz CT molecular complexity index is 442. The highest BCUT2D eigenvalue weighted by Crippen LogP contribution is 2.35. The second-order valence-electron chi connectivity index (χ2n) is 4.80. The first kappa shape index (κ1) is 13.9. The zero-order valence-electron chi connectivity index (χ0n) is 10.5. The Kier molecular flexibility index (Phi) is 3.56. The minimum Gasteiger partial charge on any atom is -0.395 e. The largest absolute Gasteiger partial charge is 0.395 e. The minimum absolute atomic E-state index is 0.0101. The van der Waals surface area contributed by atoms with Crippen molar-refractivity contribution in [3.05, 3.63) is 17.6 Å². The maximum Gasteiger partial charge on any atom is 0.391 e. The molecule has 1 aromatic rings. The van der Waals surface area contributed by atoms with Crippen molar-refractivity contribution in [2.75, 3.05) is 23.7 Å². The van der Waals surface area contributed by atoms with Crippen molar-refractivity contribution in [1.29, 1.82) is 0 Å². The van der Waals surface area contributed by atoms with Crippen molar-refractivity contribution in [2.24, 2.45) is 5.92 Å². The first-order valence-electron chi connectivity index (χ1n) is 6.03. The second kappa shape index (κ2) is 4.86. The van der Waals surface area contributed by atoms with Gasteiger partial charge in [0.2, 0.25) is 5.95 Å². The van der Waals surface area contributed by atoms with E-state index < -0.39 is 18.0 Å². The van der Waals surface area contributed by atoms with Crippen molar-refractivity contribution in [3.63, 3.8) is 0 Å². The van der Waals surface area contributed by atoms with Crippen LogP contribution in [0.1, 0.15) is 18.4 Å². The van der Waals surface area contributed by atoms with Gasteiger partial charge >= 0.3 is 6.18 Å². The molecule has 1 fully saturated rings. The monoisotopic (exact) mass is 277 g/mol. The van der Waals surface area contributed by atoms with E-state index in [1.165, 1.54) is 0 Å². The van der Waals surface area contributed by atoms with Gasteiger partial charge < -0.3 is 10.6 Å². The fraction of sp³-hybridized carbons (Fsp3) is 0.583. The van der Waals surface area contributed by atoms with Gasteiger partial charge in [0.15, 0.2) is 0 Å². The van der Waals surface area contributed by atoms with Gasteiger partial charge in [0.05, 0.1) is 11.6 Å². The van der Waals surface area contributed by atoms with Gasteiger partial charge in [0.1, 0.15) is 5.82 Å². The molecule has 0 saturated carbocycles. The number of hydrogen-bond donors (Lipinski definition) is 1. The summed E-state index contributed by atoms with van der Waals surface area (Å²) in [5, 5.41) is 0. The van der Waals surface area contributed by atoms with Gasteiger partial charge in [-0.1, -0.05) is 0 Å². The molecular weight excluding hydrogens is 262 g/mol. The molecule has 2 heterocycles. The Balaban J connectivity index is 2.10. The molecule has 7 heteroatoms. The van der Waals surface area contributed by atoms with Crippen LogP contribution in [-0.4, -0.2) is 24.2 Å². The number of nitrogens with zero attached hydrogens (tertiary/aromatic N) is 2. The third-order valence-corrected chi connectivity index (χ3v) is 3.49. The van der Waals surface area contributed by atoms with Crippen LogP contribution in [0.15, 0.2) is 6.07 Å². The summed E-state index contributed by atoms with van der Waals surface area (Å²) >= 11 is 0. The number of aromatic nitrogens is 1. The Morgan fingerprint density at radius 2 is 1.89 bits per heavy atom. The van der Waals surface area contributed by atoms with Crippen molar-refractivity contribution < 1.29 is 17.6 Å². The van der Waals surface area contributed by atoms with E-state index in [-0.39, 0.29) is 31.6 Å². The molecule has 0 amide bonds. The first-order chi connectivity index (χ1) is 8.79. The summed E-state index contributed by atoms with van der Waals surface area (Å²) in [6.07, 6.45) is -4.13. The Morgan fingerprint density at radius 1 is 1.32 bits per heavy atom. The van der Waals surface area contributed by atoms with E-state index in [4.69, 9.17) is 5.73 Å². The van der Waals surface area contributed by atoms with Gasteiger partial charge in [-0.25, -0.2) is 4.98 Å². The van der Waals surface area contributed by atoms with E-state index in [1.807, 2.05) is 0 Å². The topological polar surface area (TPSA) is 42.2 Å². The maximum absolute atomic E-state index is 13.4. The average Bonchev–Trinajstić information content (AvgIpc) is 2.34. The van der Waals surface area contributed by atoms with Crippen LogP contribution >= 0.6 is 0 Å². The fourth-order valence-corrected chi connectivity index (χ4v) is 2.23. The molecule has 1 aliphatic rings. The van der Waals surface area contributed by atoms with Crippen LogP contribution in [0.4, 0.5) is 29.1 Å². The summed E-state index contributed by atoms with van der Waals surface area (Å²) in [4.78, 5) is 5.36. The van der Waals surface area contributed by atoms with E-state index in [1.54, 1.807) is 17.9 Å². The van der Waals surface area contributed by atoms with Crippen LogP contribution in [0.25, 0.3) is 0 Å². The quantitative estimate of drug-likeness (QED) is 0.634. The number of nitrogens with two attached hydrogens (primary N) is 1. The Hall–Kier alpha value is -1.53. The van der Waals surface area contributed by atoms with Gasteiger partial charge in [-0.05, 0) is 31.4 Å². The molecule has 106 valence electrons. The second-order valence-corrected chi connectivity index (χ2v) is 4.80. The fourth-order valence-electron chi connectivity index (χ4n) is 2.23. The average molecular weight is 277 g/mol. The molecule has 0 aromatic carbocycles. The third kappa shape index (κ3) is 2.90. The van der Waals surface area contributed by atoms with Gasteiger partial charge in [0.25, 0.3) is 0 Å². The molecule has 1 aliphatic heterocycles. The molecule has 2 N–H and O–H groups in total. The number of pyridine rings is 1. The molecule has 0 spiro atoms. The lowest BCUT2D eigenvalue weighted by Gasteiger charge is -2.33. The minimum atomic E-state index is -4.15. The highest BCUT2D eigenvalue weighted by molar-refractivity contribution is 5.53. The molecular formula is C12H15F4N3. The number of alkyl halides is 3. The number of nitrogen functional groups attached to an aromatic ring is 1. The zero-order chi connectivity index (χ0) is 14.2. The van der Waals surface area contributed by atoms with E-state index in [9.17, 15) is 17.6 Å². The predicted molar refractivity (Wildman–Crippen MR) is 64.3 cm³/mol. The zero-order valence-corrected chi connectivity index (χ0v) is 10.5. The number of aryl methyl sites for hydroxylation is 1. The smallest absolute Gasteiger partial charge is 0.391 e. The summed E-state index contributed by atoms with van der Waals surface area (Å²) in [6, 6.07) is 1.60. The molecule has 2 rings (SSSR count). The molecule has 0 radical (unpaired) electrons. The highest BCUT2D eigenvalue weighted by Gasteiger charge is 2.41. The normalized spacial score (nSPS) is 17.8. The summed E-state index contributed by atoms with van der Waals surface area (Å²) in [5.41, 5.74) is 5.98. The Labute approximate surface area is 108 Å². The van der Waals surface area contributed by atoms with Crippen molar-refractivity contribution >= 4 is 11.5 Å². The molecule has 19 heavy (non-hydrogen) atoms. The van der Waals surface area contributed by atoms with E-state index in [0.717, 1.165) is 0 Å². The van der Waals surface area contributed by atoms with Crippen molar-refractivity contribution in [3.8, 4) is 0 Å². The standard InChI is InChI=1S/C12H15F4N3/c1-7-6-9(18-11(13)10(7)17)19-4-2-8(3-5-19)12(14,15)16/h6,8H,2-5,17H2,1H3. The van der Waals surface area contributed by atoms with Crippen LogP contribution < -0.4 is 10.6 Å². The van der Waals surface area contributed by atoms with Crippen LogP contribution in [0.3, 0.4) is 0 Å². The predicted octanol–water partition coefficient (Wildman–Crippen LogP) is 2.89. The molecule has 0 unspecified atom stereocenters. The lowest BCUT2D eigenvalue weighted by atomic mass is 9.96. The van der Waals surface area contributed by atoms with Gasteiger partial charge in [-0.3, -0.25) is 0 Å². The van der Waals surface area contributed by atoms with Crippen LogP contribution in [0.5, 0.6) is 0 Å². The lowest BCUT2D eigenvalue weighted by Crippen LogP contribution is -2.39. The summed E-state index contributed by atoms with van der Waals surface area (Å²) in [6.45, 7) is 2.09. The van der Waals surface area contributed by atoms with E-state index in [2.05, 4.69) is 4.98 Å². The number of piperidine rings is 1. The third-order valence-electron chi connectivity index (χ3n) is 3.49. The number of hydrogen-bond acceptors (Lipinski definition) is 3. The highest BCUT2D eigenvalue weighted by atomic mass is 19.4. The molecule has 0 bridgehead atoms. The summed E-state index contributed by atoms with van der Waals surface area (Å²) in [7, 11) is 0. The molecule has 1 aromatic heterocycles. The molecule has 0 atom stereocenters.